The van der Waals surface area contributed by atoms with Gasteiger partial charge in [0.1, 0.15) is 0 Å². The van der Waals surface area contributed by atoms with Gasteiger partial charge in [-0.3, -0.25) is 0 Å². The Bertz CT molecular complexity index is 252. The zero-order valence-corrected chi connectivity index (χ0v) is 6.27. The van der Waals surface area contributed by atoms with Crippen molar-refractivity contribution in [2.24, 2.45) is 0 Å². The van der Waals surface area contributed by atoms with Gasteiger partial charge in [0.2, 0.25) is 0 Å². The van der Waals surface area contributed by atoms with E-state index in [1.807, 2.05) is 0 Å². The van der Waals surface area contributed by atoms with Crippen LogP contribution in [0.4, 0.5) is 0 Å². The molecule has 0 aromatic rings. The molecule has 64 valence electrons. The van der Waals surface area contributed by atoms with Crippen LogP contribution in [0, 0.1) is 0 Å². The molecule has 12 heavy (non-hydrogen) atoms. The number of ether oxygens (including phenoxy) is 2. The minimum Gasteiger partial charge on any atom is -0.465 e. The van der Waals surface area contributed by atoms with Crippen LogP contribution in [0.25, 0.3) is 0 Å². The van der Waals surface area contributed by atoms with Crippen molar-refractivity contribution in [1.29, 1.82) is 0 Å². The van der Waals surface area contributed by atoms with Crippen molar-refractivity contribution < 1.29 is 19.4 Å². The third-order valence-corrected chi connectivity index (χ3v) is 1.18. The normalized spacial score (nSPS) is 20.8. The molecule has 0 amide bonds. The van der Waals surface area contributed by atoms with E-state index in [0.29, 0.717) is 0 Å². The molecule has 1 unspecified atom stereocenters. The van der Waals surface area contributed by atoms with Crippen LogP contribution in [0.1, 0.15) is 0 Å². The van der Waals surface area contributed by atoms with Crippen LogP contribution in [0.2, 0.25) is 0 Å². The number of aliphatic hydroxyl groups is 1. The fourth-order valence-electron chi connectivity index (χ4n) is 0.646. The molecule has 4 nitrogen and oxygen atoms in total. The molecule has 0 saturated carbocycles. The molecule has 0 bridgehead atoms. The van der Waals surface area contributed by atoms with E-state index in [9.17, 15) is 4.79 Å². The summed E-state index contributed by atoms with van der Waals surface area (Å²) in [7, 11) is 0. The summed E-state index contributed by atoms with van der Waals surface area (Å²) in [4.78, 5) is 10.7. The van der Waals surface area contributed by atoms with Crippen molar-refractivity contribution in [3.05, 3.63) is 36.8 Å². The van der Waals surface area contributed by atoms with Crippen LogP contribution >= 0.6 is 0 Å². The molecule has 1 atom stereocenters. The summed E-state index contributed by atoms with van der Waals surface area (Å²) in [6, 6.07) is 0. The van der Waals surface area contributed by atoms with Crippen LogP contribution in [0.5, 0.6) is 0 Å². The van der Waals surface area contributed by atoms with Crippen LogP contribution in [0.3, 0.4) is 0 Å². The summed E-state index contributed by atoms with van der Waals surface area (Å²) in [5, 5.41) is 9.06. The Morgan fingerprint density at radius 1 is 1.83 bits per heavy atom. The Balaban J connectivity index is 2.61. The lowest BCUT2D eigenvalue weighted by atomic mass is 10.4. The summed E-state index contributed by atoms with van der Waals surface area (Å²) >= 11 is 0. The third-order valence-electron chi connectivity index (χ3n) is 1.18. The topological polar surface area (TPSA) is 55.8 Å². The van der Waals surface area contributed by atoms with E-state index in [-0.39, 0.29) is 5.76 Å². The maximum atomic E-state index is 10.7. The predicted molar refractivity (Wildman–Crippen MR) is 40.6 cm³/mol. The molecule has 0 radical (unpaired) electrons. The minimum atomic E-state index is -1.21. The van der Waals surface area contributed by atoms with E-state index in [4.69, 9.17) is 5.11 Å². The fourth-order valence-corrected chi connectivity index (χ4v) is 0.646. The van der Waals surface area contributed by atoms with Gasteiger partial charge in [0.25, 0.3) is 6.29 Å². The van der Waals surface area contributed by atoms with E-state index in [1.54, 1.807) is 0 Å². The van der Waals surface area contributed by atoms with E-state index in [1.165, 1.54) is 18.4 Å². The number of hydrogen-bond acceptors (Lipinski definition) is 4. The molecule has 0 aliphatic carbocycles. The molecule has 0 spiro atoms. The molecular weight excluding hydrogens is 160 g/mol. The van der Waals surface area contributed by atoms with Crippen LogP contribution in [-0.2, 0) is 14.3 Å². The highest BCUT2D eigenvalue weighted by Crippen LogP contribution is 2.11. The molecular formula is C8H8O4. The summed E-state index contributed by atoms with van der Waals surface area (Å²) < 4.78 is 9.26. The highest BCUT2D eigenvalue weighted by Gasteiger charge is 2.16. The molecule has 0 saturated heterocycles. The number of aliphatic hydroxyl groups excluding tert-OH is 1. The number of rotatable bonds is 2. The molecule has 1 heterocycles. The van der Waals surface area contributed by atoms with Crippen molar-refractivity contribution in [2.75, 3.05) is 0 Å². The second kappa shape index (κ2) is 3.73. The molecule has 1 aliphatic rings. The van der Waals surface area contributed by atoms with Crippen LogP contribution in [0.15, 0.2) is 36.8 Å². The maximum Gasteiger partial charge on any atom is 0.335 e. The first-order valence-corrected chi connectivity index (χ1v) is 3.28. The molecule has 0 aromatic heterocycles. The van der Waals surface area contributed by atoms with Gasteiger partial charge in [-0.1, -0.05) is 6.58 Å². The summed E-state index contributed by atoms with van der Waals surface area (Å²) in [6.45, 7) is 3.21. The Hall–Kier alpha value is -1.55. The lowest BCUT2D eigenvalue weighted by molar-refractivity contribution is -0.140. The van der Waals surface area contributed by atoms with E-state index in [2.05, 4.69) is 16.1 Å². The first-order chi connectivity index (χ1) is 5.74. The highest BCUT2D eigenvalue weighted by molar-refractivity contribution is 5.82. The van der Waals surface area contributed by atoms with Gasteiger partial charge in [-0.2, -0.15) is 0 Å². The lowest BCUT2D eigenvalue weighted by Gasteiger charge is -2.15. The van der Waals surface area contributed by atoms with Gasteiger partial charge in [-0.25, -0.2) is 4.79 Å². The first kappa shape index (κ1) is 8.55. The van der Waals surface area contributed by atoms with Gasteiger partial charge in [-0.05, 0) is 12.2 Å². The molecule has 1 aliphatic heterocycles. The minimum absolute atomic E-state index is 0.0578. The SMILES string of the molecule is C=CC(=O)OC1=CC=COC1O. The Morgan fingerprint density at radius 2 is 2.58 bits per heavy atom. The van der Waals surface area contributed by atoms with Crippen molar-refractivity contribution in [3.63, 3.8) is 0 Å². The van der Waals surface area contributed by atoms with Gasteiger partial charge in [0.05, 0.1) is 6.26 Å². The lowest BCUT2D eigenvalue weighted by Crippen LogP contribution is -2.18. The number of carbonyl (C=O) groups is 1. The second-order valence-electron chi connectivity index (χ2n) is 2.01. The Labute approximate surface area is 69.4 Å². The Morgan fingerprint density at radius 3 is 3.17 bits per heavy atom. The van der Waals surface area contributed by atoms with E-state index < -0.39 is 12.3 Å². The summed E-state index contributed by atoms with van der Waals surface area (Å²) in [6.07, 6.45) is 4.05. The van der Waals surface area contributed by atoms with Gasteiger partial charge >= 0.3 is 5.97 Å². The quantitative estimate of drug-likeness (QED) is 0.480. The van der Waals surface area contributed by atoms with Gasteiger partial charge < -0.3 is 14.6 Å². The molecule has 0 fully saturated rings. The average molecular weight is 168 g/mol. The smallest absolute Gasteiger partial charge is 0.335 e. The zero-order valence-electron chi connectivity index (χ0n) is 6.27. The predicted octanol–water partition coefficient (Wildman–Crippen LogP) is 0.462. The average Bonchev–Trinajstić information content (AvgIpc) is 2.09. The molecule has 1 N–H and O–H groups in total. The number of esters is 1. The number of allylic oxidation sites excluding steroid dienone is 2. The maximum absolute atomic E-state index is 10.7. The summed E-state index contributed by atoms with van der Waals surface area (Å²) in [5.74, 6) is -0.568. The number of hydrogen-bond donors (Lipinski definition) is 1. The zero-order chi connectivity index (χ0) is 8.97. The van der Waals surface area contributed by atoms with Crippen molar-refractivity contribution >= 4 is 5.97 Å². The van der Waals surface area contributed by atoms with Gasteiger partial charge in [-0.15, -0.1) is 0 Å². The second-order valence-corrected chi connectivity index (χ2v) is 2.01. The standard InChI is InChI=1S/C8H8O4/c1-2-7(9)12-6-4-3-5-11-8(6)10/h2-5,8,10H,1H2. The van der Waals surface area contributed by atoms with E-state index in [0.717, 1.165) is 6.08 Å². The number of carbonyl (C=O) groups excluding carboxylic acids is 1. The third kappa shape index (κ3) is 1.96. The van der Waals surface area contributed by atoms with Gasteiger partial charge in [0, 0.05) is 6.08 Å². The molecule has 4 heteroatoms. The van der Waals surface area contributed by atoms with E-state index >= 15 is 0 Å². The van der Waals surface area contributed by atoms with Crippen molar-refractivity contribution in [1.82, 2.24) is 0 Å². The molecule has 0 aromatic carbocycles. The fraction of sp³-hybridized carbons (Fsp3) is 0.125. The Kier molecular flexibility index (Phi) is 2.66. The highest BCUT2D eigenvalue weighted by atomic mass is 16.6. The largest absolute Gasteiger partial charge is 0.465 e. The molecule has 1 rings (SSSR count). The van der Waals surface area contributed by atoms with Crippen LogP contribution in [-0.4, -0.2) is 17.4 Å². The first-order valence-electron chi connectivity index (χ1n) is 3.28. The summed E-state index contributed by atoms with van der Waals surface area (Å²) in [5.41, 5.74) is 0. The monoisotopic (exact) mass is 168 g/mol. The van der Waals surface area contributed by atoms with Crippen LogP contribution < -0.4 is 0 Å². The van der Waals surface area contributed by atoms with Gasteiger partial charge in [0.15, 0.2) is 5.76 Å². The van der Waals surface area contributed by atoms with Crippen molar-refractivity contribution in [3.8, 4) is 0 Å². The van der Waals surface area contributed by atoms with Crippen molar-refractivity contribution in [2.45, 2.75) is 6.29 Å².